The third-order valence-electron chi connectivity index (χ3n) is 3.75. The van der Waals surface area contributed by atoms with Crippen LogP contribution in [0.5, 0.6) is 5.75 Å². The average Bonchev–Trinajstić information content (AvgIpc) is 2.60. The largest absolute Gasteiger partial charge is 0.481 e. The Hall–Kier alpha value is -1.65. The SMILES string of the molecule is Cc1cc(O[C@H](C)C(=O)NCCSCc2ccccc2)cc(C)c1Cl. The van der Waals surface area contributed by atoms with Gasteiger partial charge in [0.15, 0.2) is 6.10 Å². The molecule has 134 valence electrons. The molecule has 0 aliphatic rings. The van der Waals surface area contributed by atoms with Crippen molar-refractivity contribution in [3.05, 3.63) is 64.2 Å². The van der Waals surface area contributed by atoms with Gasteiger partial charge in [-0.3, -0.25) is 4.79 Å². The summed E-state index contributed by atoms with van der Waals surface area (Å²) < 4.78 is 5.74. The molecule has 2 aromatic carbocycles. The van der Waals surface area contributed by atoms with E-state index in [0.29, 0.717) is 12.3 Å². The first kappa shape index (κ1) is 19.7. The fraction of sp³-hybridized carbons (Fsp3) is 0.350. The van der Waals surface area contributed by atoms with Gasteiger partial charge in [-0.1, -0.05) is 41.9 Å². The monoisotopic (exact) mass is 377 g/mol. The Morgan fingerprint density at radius 3 is 2.48 bits per heavy atom. The molecule has 0 unspecified atom stereocenters. The van der Waals surface area contributed by atoms with Crippen LogP contribution in [-0.2, 0) is 10.5 Å². The van der Waals surface area contributed by atoms with Gasteiger partial charge in [0.25, 0.3) is 5.91 Å². The molecule has 25 heavy (non-hydrogen) atoms. The molecule has 0 aliphatic heterocycles. The molecule has 3 nitrogen and oxygen atoms in total. The first-order chi connectivity index (χ1) is 12.0. The van der Waals surface area contributed by atoms with Crippen molar-refractivity contribution in [2.75, 3.05) is 12.3 Å². The second-order valence-electron chi connectivity index (χ2n) is 5.96. The van der Waals surface area contributed by atoms with E-state index in [0.717, 1.165) is 27.7 Å². The highest BCUT2D eigenvalue weighted by atomic mass is 35.5. The van der Waals surface area contributed by atoms with E-state index in [1.165, 1.54) is 5.56 Å². The van der Waals surface area contributed by atoms with E-state index >= 15 is 0 Å². The topological polar surface area (TPSA) is 38.3 Å². The lowest BCUT2D eigenvalue weighted by Gasteiger charge is -2.16. The Morgan fingerprint density at radius 2 is 1.84 bits per heavy atom. The number of carbonyl (C=O) groups is 1. The van der Waals surface area contributed by atoms with Gasteiger partial charge >= 0.3 is 0 Å². The molecule has 5 heteroatoms. The molecule has 0 spiro atoms. The highest BCUT2D eigenvalue weighted by Crippen LogP contribution is 2.26. The molecule has 0 aliphatic carbocycles. The van der Waals surface area contributed by atoms with Gasteiger partial charge in [-0.2, -0.15) is 11.8 Å². The summed E-state index contributed by atoms with van der Waals surface area (Å²) in [6.45, 7) is 6.24. The van der Waals surface area contributed by atoms with Crippen LogP contribution in [-0.4, -0.2) is 24.3 Å². The summed E-state index contributed by atoms with van der Waals surface area (Å²) in [7, 11) is 0. The van der Waals surface area contributed by atoms with Gasteiger partial charge in [0, 0.05) is 23.1 Å². The van der Waals surface area contributed by atoms with Crippen LogP contribution in [0.4, 0.5) is 0 Å². The molecular formula is C20H24ClNO2S. The van der Waals surface area contributed by atoms with Crippen molar-refractivity contribution in [2.24, 2.45) is 0 Å². The standard InChI is InChI=1S/C20H24ClNO2S/c1-14-11-18(12-15(2)19(14)21)24-16(3)20(23)22-9-10-25-13-17-7-5-4-6-8-17/h4-8,11-12,16H,9-10,13H2,1-3H3,(H,22,23)/t16-/m1/s1. The summed E-state index contributed by atoms with van der Waals surface area (Å²) in [6, 6.07) is 14.0. The van der Waals surface area contributed by atoms with E-state index in [2.05, 4.69) is 17.4 Å². The average molecular weight is 378 g/mol. The second kappa shape index (κ2) is 9.73. The third-order valence-corrected chi connectivity index (χ3v) is 5.38. The normalized spacial score (nSPS) is 11.8. The molecule has 0 aromatic heterocycles. The van der Waals surface area contributed by atoms with Gasteiger partial charge in [-0.05, 0) is 49.6 Å². The number of rotatable bonds is 8. The van der Waals surface area contributed by atoms with Crippen LogP contribution < -0.4 is 10.1 Å². The molecule has 2 aromatic rings. The van der Waals surface area contributed by atoms with Crippen LogP contribution in [0.2, 0.25) is 5.02 Å². The zero-order valence-corrected chi connectivity index (χ0v) is 16.4. The Kier molecular flexibility index (Phi) is 7.66. The van der Waals surface area contributed by atoms with Crippen LogP contribution in [0.3, 0.4) is 0 Å². The number of benzene rings is 2. The molecule has 0 heterocycles. The van der Waals surface area contributed by atoms with Crippen molar-refractivity contribution in [2.45, 2.75) is 32.6 Å². The Balaban J connectivity index is 1.71. The number of hydrogen-bond donors (Lipinski definition) is 1. The van der Waals surface area contributed by atoms with Gasteiger partial charge < -0.3 is 10.1 Å². The van der Waals surface area contributed by atoms with Crippen molar-refractivity contribution >= 4 is 29.3 Å². The maximum atomic E-state index is 12.1. The molecular weight excluding hydrogens is 354 g/mol. The first-order valence-corrected chi connectivity index (χ1v) is 9.83. The molecule has 0 saturated heterocycles. The number of thioether (sulfide) groups is 1. The Morgan fingerprint density at radius 1 is 1.20 bits per heavy atom. The Bertz CT molecular complexity index is 683. The summed E-state index contributed by atoms with van der Waals surface area (Å²) in [6.07, 6.45) is -0.543. The minimum atomic E-state index is -0.543. The van der Waals surface area contributed by atoms with Crippen LogP contribution in [0.1, 0.15) is 23.6 Å². The summed E-state index contributed by atoms with van der Waals surface area (Å²) in [4.78, 5) is 12.1. The molecule has 1 amide bonds. The molecule has 0 bridgehead atoms. The second-order valence-corrected chi connectivity index (χ2v) is 7.44. The fourth-order valence-electron chi connectivity index (χ4n) is 2.39. The highest BCUT2D eigenvalue weighted by Gasteiger charge is 2.15. The van der Waals surface area contributed by atoms with Gasteiger partial charge in [0.1, 0.15) is 5.75 Å². The fourth-order valence-corrected chi connectivity index (χ4v) is 3.31. The molecule has 0 radical (unpaired) electrons. The summed E-state index contributed by atoms with van der Waals surface area (Å²) in [5.74, 6) is 2.38. The minimum Gasteiger partial charge on any atom is -0.481 e. The van der Waals surface area contributed by atoms with E-state index in [1.807, 2.05) is 44.2 Å². The van der Waals surface area contributed by atoms with Crippen molar-refractivity contribution in [1.82, 2.24) is 5.32 Å². The maximum absolute atomic E-state index is 12.1. The third kappa shape index (κ3) is 6.29. The van der Waals surface area contributed by atoms with Crippen molar-refractivity contribution < 1.29 is 9.53 Å². The van der Waals surface area contributed by atoms with Gasteiger partial charge in [-0.25, -0.2) is 0 Å². The smallest absolute Gasteiger partial charge is 0.260 e. The Labute approximate surface area is 159 Å². The number of carbonyl (C=O) groups excluding carboxylic acids is 1. The molecule has 1 atom stereocenters. The zero-order chi connectivity index (χ0) is 18.2. The number of ether oxygens (including phenoxy) is 1. The van der Waals surface area contributed by atoms with Crippen LogP contribution in [0, 0.1) is 13.8 Å². The van der Waals surface area contributed by atoms with Gasteiger partial charge in [0.2, 0.25) is 0 Å². The van der Waals surface area contributed by atoms with Crippen molar-refractivity contribution in [1.29, 1.82) is 0 Å². The van der Waals surface area contributed by atoms with Crippen LogP contribution in [0.15, 0.2) is 42.5 Å². The lowest BCUT2D eigenvalue weighted by molar-refractivity contribution is -0.127. The quantitative estimate of drug-likeness (QED) is 0.673. The highest BCUT2D eigenvalue weighted by molar-refractivity contribution is 7.98. The van der Waals surface area contributed by atoms with Crippen molar-refractivity contribution in [3.8, 4) is 5.75 Å². The number of amides is 1. The van der Waals surface area contributed by atoms with Gasteiger partial charge in [-0.15, -0.1) is 0 Å². The van der Waals surface area contributed by atoms with Crippen LogP contribution >= 0.6 is 23.4 Å². The van der Waals surface area contributed by atoms with E-state index in [4.69, 9.17) is 16.3 Å². The number of hydrogen-bond acceptors (Lipinski definition) is 3. The van der Waals surface area contributed by atoms with Gasteiger partial charge in [0.05, 0.1) is 0 Å². The molecule has 2 rings (SSSR count). The summed E-state index contributed by atoms with van der Waals surface area (Å²) >= 11 is 7.95. The summed E-state index contributed by atoms with van der Waals surface area (Å²) in [5, 5.41) is 3.65. The van der Waals surface area contributed by atoms with Crippen molar-refractivity contribution in [3.63, 3.8) is 0 Å². The first-order valence-electron chi connectivity index (χ1n) is 8.30. The van der Waals surface area contributed by atoms with E-state index in [-0.39, 0.29) is 5.91 Å². The number of halogens is 1. The molecule has 0 saturated carbocycles. The lowest BCUT2D eigenvalue weighted by atomic mass is 10.1. The maximum Gasteiger partial charge on any atom is 0.260 e. The minimum absolute atomic E-state index is 0.106. The molecule has 1 N–H and O–H groups in total. The zero-order valence-electron chi connectivity index (χ0n) is 14.8. The number of aryl methyl sites for hydroxylation is 2. The predicted molar refractivity (Wildman–Crippen MR) is 107 cm³/mol. The van der Waals surface area contributed by atoms with E-state index in [9.17, 15) is 4.79 Å². The lowest BCUT2D eigenvalue weighted by Crippen LogP contribution is -2.37. The molecule has 0 fully saturated rings. The van der Waals surface area contributed by atoms with E-state index in [1.54, 1.807) is 18.7 Å². The number of nitrogens with one attached hydrogen (secondary N) is 1. The van der Waals surface area contributed by atoms with E-state index < -0.39 is 6.10 Å². The predicted octanol–water partition coefficient (Wildman–Crippen LogP) is 4.77. The summed E-state index contributed by atoms with van der Waals surface area (Å²) in [5.41, 5.74) is 3.19. The van der Waals surface area contributed by atoms with Crippen LogP contribution in [0.25, 0.3) is 0 Å².